The molecule has 2 aliphatic heterocycles. The number of urea groups is 1. The normalized spacial score (nSPS) is 21.1. The average molecular weight is 417 g/mol. The fraction of sp³-hybridized carbons (Fsp3) is 0.286. The summed E-state index contributed by atoms with van der Waals surface area (Å²) in [6, 6.07) is 10.8. The molecule has 2 aromatic rings. The van der Waals surface area contributed by atoms with Crippen LogP contribution in [0.25, 0.3) is 0 Å². The molecule has 6 nitrogen and oxygen atoms in total. The third kappa shape index (κ3) is 3.20. The molecule has 0 aliphatic carbocycles. The van der Waals surface area contributed by atoms with Crippen LogP contribution in [-0.2, 0) is 27.7 Å². The second-order valence-electron chi connectivity index (χ2n) is 7.45. The zero-order valence-corrected chi connectivity index (χ0v) is 16.0. The Morgan fingerprint density at radius 2 is 1.87 bits per heavy atom. The van der Waals surface area contributed by atoms with Crippen molar-refractivity contribution in [2.75, 3.05) is 18.0 Å². The van der Waals surface area contributed by atoms with Crippen LogP contribution in [0.2, 0.25) is 0 Å². The van der Waals surface area contributed by atoms with Gasteiger partial charge in [-0.3, -0.25) is 14.5 Å². The molecule has 2 aliphatic rings. The van der Waals surface area contributed by atoms with Gasteiger partial charge in [0.05, 0.1) is 5.56 Å². The van der Waals surface area contributed by atoms with E-state index in [0.29, 0.717) is 13.0 Å². The molecule has 0 aromatic heterocycles. The van der Waals surface area contributed by atoms with Gasteiger partial charge in [0.15, 0.2) is 0 Å². The molecule has 0 radical (unpaired) electrons. The number of amides is 4. The second kappa shape index (κ2) is 6.86. The Morgan fingerprint density at radius 1 is 1.13 bits per heavy atom. The minimum Gasteiger partial charge on any atom is -0.319 e. The molecule has 2 heterocycles. The van der Waals surface area contributed by atoms with E-state index in [0.717, 1.165) is 28.3 Å². The number of carbonyl (C=O) groups is 3. The van der Waals surface area contributed by atoms with Gasteiger partial charge in [-0.25, -0.2) is 4.79 Å². The summed E-state index contributed by atoms with van der Waals surface area (Å²) in [4.78, 5) is 40.5. The Kier molecular flexibility index (Phi) is 4.56. The lowest BCUT2D eigenvalue weighted by molar-refractivity contribution is -0.138. The summed E-state index contributed by atoms with van der Waals surface area (Å²) in [5.41, 5.74) is -0.891. The van der Waals surface area contributed by atoms with E-state index in [1.165, 1.54) is 24.0 Å². The van der Waals surface area contributed by atoms with Crippen LogP contribution in [0.15, 0.2) is 48.5 Å². The maximum absolute atomic E-state index is 13.1. The smallest absolute Gasteiger partial charge is 0.319 e. The molecule has 0 saturated carbocycles. The van der Waals surface area contributed by atoms with E-state index in [1.807, 2.05) is 12.1 Å². The van der Waals surface area contributed by atoms with Crippen molar-refractivity contribution in [3.8, 4) is 0 Å². The number of benzene rings is 2. The summed E-state index contributed by atoms with van der Waals surface area (Å²) in [6.45, 7) is 1.28. The number of halogens is 3. The number of fused-ring (bicyclic) bond motifs is 1. The van der Waals surface area contributed by atoms with E-state index in [-0.39, 0.29) is 5.56 Å². The van der Waals surface area contributed by atoms with Gasteiger partial charge in [0, 0.05) is 12.2 Å². The molecule has 1 fully saturated rings. The first-order valence-corrected chi connectivity index (χ1v) is 9.31. The van der Waals surface area contributed by atoms with Crippen molar-refractivity contribution in [3.63, 3.8) is 0 Å². The first kappa shape index (κ1) is 19.9. The van der Waals surface area contributed by atoms with Crippen molar-refractivity contribution in [2.24, 2.45) is 0 Å². The maximum atomic E-state index is 13.1. The van der Waals surface area contributed by atoms with Crippen molar-refractivity contribution in [1.82, 2.24) is 10.2 Å². The number of para-hydroxylation sites is 1. The van der Waals surface area contributed by atoms with E-state index in [1.54, 1.807) is 12.1 Å². The van der Waals surface area contributed by atoms with Crippen LogP contribution in [0.1, 0.15) is 23.6 Å². The number of nitrogens with zero attached hydrogens (tertiary/aromatic N) is 2. The molecule has 9 heteroatoms. The summed E-state index contributed by atoms with van der Waals surface area (Å²) < 4.78 is 39.2. The minimum absolute atomic E-state index is 0.00265. The first-order valence-electron chi connectivity index (χ1n) is 9.31. The first-order chi connectivity index (χ1) is 14.1. The van der Waals surface area contributed by atoms with Gasteiger partial charge in [-0.2, -0.15) is 13.2 Å². The zero-order valence-electron chi connectivity index (χ0n) is 16.0. The highest BCUT2D eigenvalue weighted by Crippen LogP contribution is 2.35. The molecule has 0 spiro atoms. The standard InChI is InChI=1S/C21H18F3N3O3/c1-20(14-6-4-7-15(11-14)21(22,23)24)18(29)27(19(30)25-20)12-17(28)26-10-9-13-5-2-3-8-16(13)26/h2-8,11H,9-10,12H2,1H3,(H,25,30)/t20-/m1/s1. The summed E-state index contributed by atoms with van der Waals surface area (Å²) in [5, 5.41) is 2.44. The SMILES string of the molecule is C[C@]1(c2cccc(C(F)(F)F)c2)NC(=O)N(CC(=O)N2CCc3ccccc32)C1=O. The number of imide groups is 1. The highest BCUT2D eigenvalue weighted by Gasteiger charge is 2.50. The van der Waals surface area contributed by atoms with Crippen LogP contribution in [-0.4, -0.2) is 35.8 Å². The van der Waals surface area contributed by atoms with Crippen molar-refractivity contribution in [1.29, 1.82) is 0 Å². The lowest BCUT2D eigenvalue weighted by Crippen LogP contribution is -2.44. The third-order valence-corrected chi connectivity index (χ3v) is 5.52. The van der Waals surface area contributed by atoms with Crippen LogP contribution in [0.4, 0.5) is 23.7 Å². The number of alkyl halides is 3. The lowest BCUT2D eigenvalue weighted by Gasteiger charge is -2.24. The van der Waals surface area contributed by atoms with Gasteiger partial charge in [0.2, 0.25) is 5.91 Å². The second-order valence-corrected chi connectivity index (χ2v) is 7.45. The molecule has 4 rings (SSSR count). The van der Waals surface area contributed by atoms with Crippen LogP contribution < -0.4 is 10.2 Å². The van der Waals surface area contributed by atoms with Gasteiger partial charge in [0.25, 0.3) is 5.91 Å². The summed E-state index contributed by atoms with van der Waals surface area (Å²) in [6.07, 6.45) is -3.92. The van der Waals surface area contributed by atoms with E-state index < -0.39 is 41.7 Å². The minimum atomic E-state index is -4.59. The molecule has 30 heavy (non-hydrogen) atoms. The van der Waals surface area contributed by atoms with Crippen molar-refractivity contribution in [2.45, 2.75) is 25.1 Å². The van der Waals surface area contributed by atoms with Gasteiger partial charge in [0.1, 0.15) is 12.1 Å². The Balaban J connectivity index is 1.57. The largest absolute Gasteiger partial charge is 0.416 e. The molecule has 4 amide bonds. The van der Waals surface area contributed by atoms with Gasteiger partial charge < -0.3 is 10.2 Å². The maximum Gasteiger partial charge on any atom is 0.416 e. The molecular weight excluding hydrogens is 399 g/mol. The van der Waals surface area contributed by atoms with Gasteiger partial charge in [-0.15, -0.1) is 0 Å². The fourth-order valence-electron chi connectivity index (χ4n) is 3.86. The van der Waals surface area contributed by atoms with Crippen molar-refractivity contribution < 1.29 is 27.6 Å². The molecule has 1 N–H and O–H groups in total. The van der Waals surface area contributed by atoms with Crippen LogP contribution in [0, 0.1) is 0 Å². The number of anilines is 1. The zero-order chi connectivity index (χ0) is 21.7. The Morgan fingerprint density at radius 3 is 2.60 bits per heavy atom. The number of rotatable bonds is 3. The number of hydrogen-bond acceptors (Lipinski definition) is 3. The predicted molar refractivity (Wildman–Crippen MR) is 102 cm³/mol. The van der Waals surface area contributed by atoms with Gasteiger partial charge >= 0.3 is 12.2 Å². The van der Waals surface area contributed by atoms with E-state index in [9.17, 15) is 27.6 Å². The van der Waals surface area contributed by atoms with E-state index in [2.05, 4.69) is 5.32 Å². The molecule has 156 valence electrons. The summed E-state index contributed by atoms with van der Waals surface area (Å²) in [5.74, 6) is -1.20. The molecular formula is C21H18F3N3O3. The average Bonchev–Trinajstić information content (AvgIpc) is 3.23. The van der Waals surface area contributed by atoms with E-state index in [4.69, 9.17) is 0 Å². The van der Waals surface area contributed by atoms with Crippen LogP contribution in [0.3, 0.4) is 0 Å². The van der Waals surface area contributed by atoms with Gasteiger partial charge in [-0.1, -0.05) is 30.3 Å². The van der Waals surface area contributed by atoms with Crippen molar-refractivity contribution >= 4 is 23.5 Å². The topological polar surface area (TPSA) is 69.7 Å². The van der Waals surface area contributed by atoms with Crippen LogP contribution in [0.5, 0.6) is 0 Å². The molecule has 1 atom stereocenters. The third-order valence-electron chi connectivity index (χ3n) is 5.52. The molecule has 2 aromatic carbocycles. The highest BCUT2D eigenvalue weighted by molar-refractivity contribution is 6.10. The molecule has 0 unspecified atom stereocenters. The molecule has 0 bridgehead atoms. The quantitative estimate of drug-likeness (QED) is 0.781. The lowest BCUT2D eigenvalue weighted by atomic mass is 9.90. The Labute approximate surface area is 170 Å². The highest BCUT2D eigenvalue weighted by atomic mass is 19.4. The number of carbonyl (C=O) groups excluding carboxylic acids is 3. The summed E-state index contributed by atoms with van der Waals surface area (Å²) in [7, 11) is 0. The monoisotopic (exact) mass is 417 g/mol. The van der Waals surface area contributed by atoms with Crippen molar-refractivity contribution in [3.05, 3.63) is 65.2 Å². The van der Waals surface area contributed by atoms with Gasteiger partial charge in [-0.05, 0) is 42.7 Å². The Hall–Kier alpha value is -3.36. The summed E-state index contributed by atoms with van der Waals surface area (Å²) >= 11 is 0. The predicted octanol–water partition coefficient (Wildman–Crippen LogP) is 3.06. The number of nitrogens with one attached hydrogen (secondary N) is 1. The van der Waals surface area contributed by atoms with E-state index >= 15 is 0 Å². The Bertz CT molecular complexity index is 1050. The number of hydrogen-bond donors (Lipinski definition) is 1. The molecule has 1 saturated heterocycles. The fourth-order valence-corrected chi connectivity index (χ4v) is 3.86. The van der Waals surface area contributed by atoms with Crippen LogP contribution >= 0.6 is 0 Å².